The van der Waals surface area contributed by atoms with E-state index in [0.29, 0.717) is 13.0 Å². The van der Waals surface area contributed by atoms with Crippen molar-refractivity contribution in [3.8, 4) is 0 Å². The zero-order valence-corrected chi connectivity index (χ0v) is 17.5. The summed E-state index contributed by atoms with van der Waals surface area (Å²) in [7, 11) is -2.62. The van der Waals surface area contributed by atoms with Crippen molar-refractivity contribution >= 4 is 24.7 Å². The highest BCUT2D eigenvalue weighted by molar-refractivity contribution is 6.99. The standard InChI is InChI=1S/C23H30O3Si/c1-5-12-19(17-22(24)25)18-26-27(23(2,3)4,20-13-8-6-9-14-20)21-15-10-7-11-16-21/h5-11,13-16,19H,1,12,17-18H2,2-4H3,(H,24,25)/t19-/m0/s1. The van der Waals surface area contributed by atoms with Crippen LogP contribution < -0.4 is 10.4 Å². The SMILES string of the molecule is C=CC[C@H](CO[Si](c1ccccc1)(c1ccccc1)C(C)(C)C)CC(=O)O. The molecule has 1 atom stereocenters. The molecule has 0 radical (unpaired) electrons. The molecule has 4 heteroatoms. The molecule has 144 valence electrons. The zero-order valence-electron chi connectivity index (χ0n) is 16.5. The highest BCUT2D eigenvalue weighted by Crippen LogP contribution is 2.37. The first kappa shape index (κ1) is 21.1. The average Bonchev–Trinajstić information content (AvgIpc) is 2.62. The van der Waals surface area contributed by atoms with Crippen molar-refractivity contribution < 1.29 is 14.3 Å². The summed E-state index contributed by atoms with van der Waals surface area (Å²) < 4.78 is 6.81. The summed E-state index contributed by atoms with van der Waals surface area (Å²) in [5, 5.41) is 11.6. The van der Waals surface area contributed by atoms with Crippen molar-refractivity contribution in [1.82, 2.24) is 0 Å². The third-order valence-electron chi connectivity index (χ3n) is 4.92. The molecule has 2 rings (SSSR count). The van der Waals surface area contributed by atoms with Crippen LogP contribution in [0, 0.1) is 5.92 Å². The van der Waals surface area contributed by atoms with Gasteiger partial charge in [-0.25, -0.2) is 0 Å². The van der Waals surface area contributed by atoms with E-state index < -0.39 is 14.3 Å². The van der Waals surface area contributed by atoms with Crippen LogP contribution in [0.4, 0.5) is 0 Å². The molecule has 0 spiro atoms. The number of benzene rings is 2. The summed E-state index contributed by atoms with van der Waals surface area (Å²) in [6.45, 7) is 10.9. The molecule has 2 aromatic carbocycles. The van der Waals surface area contributed by atoms with E-state index >= 15 is 0 Å². The van der Waals surface area contributed by atoms with E-state index in [9.17, 15) is 9.90 Å². The van der Waals surface area contributed by atoms with Gasteiger partial charge in [0.25, 0.3) is 8.32 Å². The maximum absolute atomic E-state index is 11.3. The van der Waals surface area contributed by atoms with Crippen LogP contribution in [0.2, 0.25) is 5.04 Å². The summed E-state index contributed by atoms with van der Waals surface area (Å²) in [4.78, 5) is 11.3. The van der Waals surface area contributed by atoms with Gasteiger partial charge in [-0.2, -0.15) is 0 Å². The molecular formula is C23H30O3Si. The fourth-order valence-electron chi connectivity index (χ4n) is 3.70. The number of hydrogen-bond acceptors (Lipinski definition) is 2. The van der Waals surface area contributed by atoms with Crippen LogP contribution in [-0.2, 0) is 9.22 Å². The second-order valence-electron chi connectivity index (χ2n) is 7.96. The Morgan fingerprint density at radius 2 is 1.56 bits per heavy atom. The molecule has 0 aromatic heterocycles. The van der Waals surface area contributed by atoms with Crippen LogP contribution in [0.3, 0.4) is 0 Å². The molecule has 0 saturated heterocycles. The van der Waals surface area contributed by atoms with Gasteiger partial charge in [-0.05, 0) is 27.8 Å². The van der Waals surface area contributed by atoms with Gasteiger partial charge in [-0.15, -0.1) is 6.58 Å². The minimum atomic E-state index is -2.62. The van der Waals surface area contributed by atoms with E-state index in [2.05, 4.69) is 51.6 Å². The lowest BCUT2D eigenvalue weighted by Gasteiger charge is -2.43. The van der Waals surface area contributed by atoms with E-state index in [1.807, 2.05) is 36.4 Å². The largest absolute Gasteiger partial charge is 0.481 e. The molecular weight excluding hydrogens is 352 g/mol. The summed E-state index contributed by atoms with van der Waals surface area (Å²) in [6, 6.07) is 20.8. The molecule has 1 N–H and O–H groups in total. The van der Waals surface area contributed by atoms with E-state index in [-0.39, 0.29) is 17.4 Å². The van der Waals surface area contributed by atoms with Crippen LogP contribution in [0.5, 0.6) is 0 Å². The minimum Gasteiger partial charge on any atom is -0.481 e. The molecule has 3 nitrogen and oxygen atoms in total. The number of carbonyl (C=O) groups is 1. The molecule has 0 amide bonds. The molecule has 0 aliphatic carbocycles. The Morgan fingerprint density at radius 3 is 1.93 bits per heavy atom. The third-order valence-corrected chi connectivity index (χ3v) is 9.92. The molecule has 0 unspecified atom stereocenters. The summed E-state index contributed by atoms with van der Waals surface area (Å²) in [5.41, 5.74) is 0. The van der Waals surface area contributed by atoms with Crippen LogP contribution in [-0.4, -0.2) is 26.0 Å². The number of hydrogen-bond donors (Lipinski definition) is 1. The van der Waals surface area contributed by atoms with Crippen molar-refractivity contribution in [3.05, 3.63) is 73.3 Å². The van der Waals surface area contributed by atoms with Gasteiger partial charge in [-0.3, -0.25) is 4.79 Å². The van der Waals surface area contributed by atoms with Crippen molar-refractivity contribution in [2.45, 2.75) is 38.7 Å². The Kier molecular flexibility index (Phi) is 7.16. The number of allylic oxidation sites excluding steroid dienone is 1. The Labute approximate surface area is 163 Å². The molecule has 2 aromatic rings. The van der Waals surface area contributed by atoms with E-state index in [1.54, 1.807) is 6.08 Å². The summed E-state index contributed by atoms with van der Waals surface area (Å²) in [5.74, 6) is -0.880. The molecule has 0 saturated carbocycles. The first-order chi connectivity index (χ1) is 12.8. The molecule has 0 aliphatic rings. The molecule has 0 heterocycles. The zero-order chi connectivity index (χ0) is 19.9. The van der Waals surface area contributed by atoms with Crippen LogP contribution >= 0.6 is 0 Å². The second-order valence-corrected chi connectivity index (χ2v) is 12.3. The Balaban J connectivity index is 2.52. The van der Waals surface area contributed by atoms with Gasteiger partial charge in [0.05, 0.1) is 6.42 Å². The summed E-state index contributed by atoms with van der Waals surface area (Å²) in [6.07, 6.45) is 2.50. The number of aliphatic carboxylic acids is 1. The topological polar surface area (TPSA) is 46.5 Å². The maximum atomic E-state index is 11.3. The van der Waals surface area contributed by atoms with Gasteiger partial charge < -0.3 is 9.53 Å². The van der Waals surface area contributed by atoms with Crippen LogP contribution in [0.1, 0.15) is 33.6 Å². The van der Waals surface area contributed by atoms with Crippen molar-refractivity contribution in [2.24, 2.45) is 5.92 Å². The van der Waals surface area contributed by atoms with Crippen LogP contribution in [0.15, 0.2) is 73.3 Å². The summed E-state index contributed by atoms with van der Waals surface area (Å²) >= 11 is 0. The molecule has 0 bridgehead atoms. The number of carboxylic acids is 1. The maximum Gasteiger partial charge on any atom is 0.303 e. The van der Waals surface area contributed by atoms with Crippen molar-refractivity contribution in [3.63, 3.8) is 0 Å². The molecule has 0 aliphatic heterocycles. The lowest BCUT2D eigenvalue weighted by molar-refractivity contribution is -0.138. The van der Waals surface area contributed by atoms with Gasteiger partial charge in [0, 0.05) is 6.61 Å². The highest BCUT2D eigenvalue weighted by atomic mass is 28.4. The highest BCUT2D eigenvalue weighted by Gasteiger charge is 2.50. The Morgan fingerprint density at radius 1 is 1.07 bits per heavy atom. The first-order valence-electron chi connectivity index (χ1n) is 9.39. The second kappa shape index (κ2) is 9.15. The molecule has 0 fully saturated rings. The van der Waals surface area contributed by atoms with E-state index in [0.717, 1.165) is 0 Å². The normalized spacial score (nSPS) is 13.1. The Hall–Kier alpha value is -2.17. The quantitative estimate of drug-likeness (QED) is 0.521. The number of rotatable bonds is 9. The monoisotopic (exact) mass is 382 g/mol. The fraction of sp³-hybridized carbons (Fsp3) is 0.348. The first-order valence-corrected chi connectivity index (χ1v) is 11.3. The predicted octanol–water partition coefficient (Wildman–Crippen LogP) is 4.23. The van der Waals surface area contributed by atoms with Crippen molar-refractivity contribution in [1.29, 1.82) is 0 Å². The van der Waals surface area contributed by atoms with Gasteiger partial charge in [-0.1, -0.05) is 87.5 Å². The van der Waals surface area contributed by atoms with Gasteiger partial charge in [0.1, 0.15) is 0 Å². The smallest absolute Gasteiger partial charge is 0.303 e. The lowest BCUT2D eigenvalue weighted by atomic mass is 10.0. The van der Waals surface area contributed by atoms with Gasteiger partial charge in [0.15, 0.2) is 0 Å². The van der Waals surface area contributed by atoms with Gasteiger partial charge in [0.2, 0.25) is 0 Å². The third kappa shape index (κ3) is 4.96. The fourth-order valence-corrected chi connectivity index (χ4v) is 8.34. The Bertz CT molecular complexity index is 696. The van der Waals surface area contributed by atoms with E-state index in [4.69, 9.17) is 4.43 Å². The number of carboxylic acid groups (broad SMARTS) is 1. The van der Waals surface area contributed by atoms with Crippen molar-refractivity contribution in [2.75, 3.05) is 6.61 Å². The van der Waals surface area contributed by atoms with Gasteiger partial charge >= 0.3 is 5.97 Å². The predicted molar refractivity (Wildman–Crippen MR) is 114 cm³/mol. The lowest BCUT2D eigenvalue weighted by Crippen LogP contribution is -2.66. The minimum absolute atomic E-state index is 0.0818. The van der Waals surface area contributed by atoms with Crippen LogP contribution in [0.25, 0.3) is 0 Å². The molecule has 27 heavy (non-hydrogen) atoms. The van der Waals surface area contributed by atoms with E-state index in [1.165, 1.54) is 10.4 Å². The average molecular weight is 383 g/mol.